The third-order valence-electron chi connectivity index (χ3n) is 0.714. The molecule has 0 saturated carbocycles. The van der Waals surface area contributed by atoms with Crippen molar-refractivity contribution in [2.75, 3.05) is 20.8 Å². The summed E-state index contributed by atoms with van der Waals surface area (Å²) in [7, 11) is 0.454. The number of nitrogens with zero attached hydrogens (tertiary/aromatic N) is 1. The summed E-state index contributed by atoms with van der Waals surface area (Å²) in [5, 5.41) is 1.38. The van der Waals surface area contributed by atoms with Crippen molar-refractivity contribution < 1.29 is 13.7 Å². The Morgan fingerprint density at radius 3 is 2.09 bits per heavy atom. The molecule has 1 unspecified atom stereocenters. The van der Waals surface area contributed by atoms with Crippen molar-refractivity contribution in [3.63, 3.8) is 0 Å². The lowest BCUT2D eigenvalue weighted by Gasteiger charge is -2.19. The number of rotatable bonds is 4. The summed E-state index contributed by atoms with van der Waals surface area (Å²) in [5.41, 5.74) is 0. The van der Waals surface area contributed by atoms with E-state index >= 15 is 0 Å². The van der Waals surface area contributed by atoms with E-state index in [4.69, 9.17) is 9.15 Å². The Morgan fingerprint density at radius 1 is 1.36 bits per heavy atom. The highest BCUT2D eigenvalue weighted by Gasteiger charge is 2.19. The second-order valence-corrected chi connectivity index (χ2v) is 4.74. The van der Waals surface area contributed by atoms with E-state index in [-0.39, 0.29) is 6.10 Å². The van der Waals surface area contributed by atoms with Crippen molar-refractivity contribution in [2.45, 2.75) is 20.0 Å². The van der Waals surface area contributed by atoms with Gasteiger partial charge in [0.25, 0.3) is 0 Å². The minimum Gasteiger partial charge on any atom is -0.305 e. The van der Waals surface area contributed by atoms with Gasteiger partial charge in [0.2, 0.25) is 0 Å². The first-order valence-electron chi connectivity index (χ1n) is 3.46. The van der Waals surface area contributed by atoms with E-state index in [9.17, 15) is 4.57 Å². The molecule has 0 amide bonds. The minimum atomic E-state index is -2.88. The van der Waals surface area contributed by atoms with E-state index in [0.29, 0.717) is 0 Å². The zero-order valence-electron chi connectivity index (χ0n) is 7.70. The van der Waals surface area contributed by atoms with Gasteiger partial charge in [-0.2, -0.15) is 5.06 Å². The van der Waals surface area contributed by atoms with E-state index in [2.05, 4.69) is 0 Å². The lowest BCUT2D eigenvalue weighted by atomic mass is 10.5. The number of hydrogen-bond acceptors (Lipinski definition) is 4. The lowest BCUT2D eigenvalue weighted by Crippen LogP contribution is -2.13. The SMILES string of the molecule is CC(C)OP(C)(=O)ON(C)C. The monoisotopic (exact) mass is 181 g/mol. The van der Waals surface area contributed by atoms with Crippen molar-refractivity contribution >= 4 is 7.60 Å². The highest BCUT2D eigenvalue weighted by atomic mass is 31.2. The molecule has 11 heavy (non-hydrogen) atoms. The van der Waals surface area contributed by atoms with Crippen LogP contribution in [0.5, 0.6) is 0 Å². The van der Waals surface area contributed by atoms with Gasteiger partial charge in [-0.1, -0.05) is 0 Å². The van der Waals surface area contributed by atoms with Crippen LogP contribution < -0.4 is 0 Å². The Morgan fingerprint density at radius 2 is 1.82 bits per heavy atom. The predicted octanol–water partition coefficient (Wildman–Crippen LogP) is 1.73. The molecule has 0 spiro atoms. The van der Waals surface area contributed by atoms with Gasteiger partial charge in [-0.3, -0.25) is 4.57 Å². The smallest absolute Gasteiger partial charge is 0.305 e. The molecule has 0 aliphatic carbocycles. The zero-order valence-corrected chi connectivity index (χ0v) is 8.59. The summed E-state index contributed by atoms with van der Waals surface area (Å²) < 4.78 is 21.3. The number of hydrogen-bond donors (Lipinski definition) is 0. The third-order valence-corrected chi connectivity index (χ3v) is 2.14. The van der Waals surface area contributed by atoms with Crippen LogP contribution in [0.2, 0.25) is 0 Å². The fraction of sp³-hybridized carbons (Fsp3) is 1.00. The van der Waals surface area contributed by atoms with E-state index in [1.165, 1.54) is 11.7 Å². The van der Waals surface area contributed by atoms with Crippen LogP contribution in [0.4, 0.5) is 0 Å². The fourth-order valence-corrected chi connectivity index (χ4v) is 2.10. The average molecular weight is 181 g/mol. The molecule has 5 heteroatoms. The van der Waals surface area contributed by atoms with Crippen LogP contribution in [0.25, 0.3) is 0 Å². The minimum absolute atomic E-state index is 0.0780. The van der Waals surface area contributed by atoms with Crippen LogP contribution in [-0.2, 0) is 13.7 Å². The first kappa shape index (κ1) is 11.1. The molecular weight excluding hydrogens is 165 g/mol. The van der Waals surface area contributed by atoms with E-state index in [1.54, 1.807) is 14.1 Å². The summed E-state index contributed by atoms with van der Waals surface area (Å²) >= 11 is 0. The molecule has 0 aliphatic heterocycles. The molecule has 0 fully saturated rings. The van der Waals surface area contributed by atoms with E-state index < -0.39 is 7.60 Å². The van der Waals surface area contributed by atoms with Gasteiger partial charge in [0.15, 0.2) is 0 Å². The molecule has 0 aromatic carbocycles. The second kappa shape index (κ2) is 4.21. The van der Waals surface area contributed by atoms with E-state index in [0.717, 1.165) is 0 Å². The van der Waals surface area contributed by atoms with Crippen molar-refractivity contribution in [3.05, 3.63) is 0 Å². The average Bonchev–Trinajstić information content (AvgIpc) is 1.53. The molecule has 0 bridgehead atoms. The molecule has 1 atom stereocenters. The van der Waals surface area contributed by atoms with Crippen LogP contribution in [0.1, 0.15) is 13.8 Å². The quantitative estimate of drug-likeness (QED) is 0.489. The first-order valence-corrected chi connectivity index (χ1v) is 5.45. The van der Waals surface area contributed by atoms with Crippen molar-refractivity contribution in [1.82, 2.24) is 5.06 Å². The molecule has 0 saturated heterocycles. The summed E-state index contributed by atoms with van der Waals surface area (Å²) in [5.74, 6) is 0. The van der Waals surface area contributed by atoms with Crippen LogP contribution in [0.3, 0.4) is 0 Å². The normalized spacial score (nSPS) is 17.4. The van der Waals surface area contributed by atoms with Crippen LogP contribution in [0, 0.1) is 0 Å². The second-order valence-electron chi connectivity index (χ2n) is 2.82. The van der Waals surface area contributed by atoms with Gasteiger partial charge in [-0.15, -0.1) is 0 Å². The Labute approximate surface area is 68.0 Å². The van der Waals surface area contributed by atoms with Crippen molar-refractivity contribution in [1.29, 1.82) is 0 Å². The van der Waals surface area contributed by atoms with Crippen LogP contribution in [0.15, 0.2) is 0 Å². The largest absolute Gasteiger partial charge is 0.344 e. The number of hydroxylamine groups is 2. The van der Waals surface area contributed by atoms with Crippen LogP contribution >= 0.6 is 7.60 Å². The molecular formula is C6H16NO3P. The van der Waals surface area contributed by atoms with Crippen molar-refractivity contribution in [3.8, 4) is 0 Å². The van der Waals surface area contributed by atoms with Gasteiger partial charge >= 0.3 is 7.60 Å². The molecule has 0 rings (SSSR count). The van der Waals surface area contributed by atoms with Gasteiger partial charge in [0, 0.05) is 20.8 Å². The standard InChI is InChI=1S/C6H16NO3P/c1-6(2)9-11(5,8)10-7(3)4/h6H,1-5H3. The topological polar surface area (TPSA) is 38.8 Å². The third kappa shape index (κ3) is 6.51. The lowest BCUT2D eigenvalue weighted by molar-refractivity contribution is -0.0242. The summed E-state index contributed by atoms with van der Waals surface area (Å²) in [4.78, 5) is 0. The van der Waals surface area contributed by atoms with Crippen molar-refractivity contribution in [2.24, 2.45) is 0 Å². The maximum Gasteiger partial charge on any atom is 0.344 e. The highest BCUT2D eigenvalue weighted by Crippen LogP contribution is 2.45. The maximum absolute atomic E-state index is 11.3. The van der Waals surface area contributed by atoms with Gasteiger partial charge in [0.05, 0.1) is 6.10 Å². The summed E-state index contributed by atoms with van der Waals surface area (Å²) in [6.45, 7) is 5.08. The van der Waals surface area contributed by atoms with Gasteiger partial charge < -0.3 is 4.52 Å². The summed E-state index contributed by atoms with van der Waals surface area (Å²) in [6, 6.07) is 0. The highest BCUT2D eigenvalue weighted by molar-refractivity contribution is 7.52. The molecule has 0 radical (unpaired) electrons. The molecule has 4 nitrogen and oxygen atoms in total. The maximum atomic E-state index is 11.3. The predicted molar refractivity (Wildman–Crippen MR) is 44.5 cm³/mol. The summed E-state index contributed by atoms with van der Waals surface area (Å²) in [6.07, 6.45) is -0.0780. The Kier molecular flexibility index (Phi) is 4.26. The van der Waals surface area contributed by atoms with Gasteiger partial charge in [-0.05, 0) is 13.8 Å². The molecule has 0 aliphatic rings. The molecule has 0 aromatic heterocycles. The van der Waals surface area contributed by atoms with Crippen LogP contribution in [-0.4, -0.2) is 31.9 Å². The van der Waals surface area contributed by atoms with E-state index in [1.807, 2.05) is 13.8 Å². The molecule has 0 aromatic rings. The molecule has 0 N–H and O–H groups in total. The van der Waals surface area contributed by atoms with Gasteiger partial charge in [-0.25, -0.2) is 4.62 Å². The first-order chi connectivity index (χ1) is 4.83. The Balaban J connectivity index is 3.91. The molecule has 0 heterocycles. The Hall–Kier alpha value is 0.110. The Bertz CT molecular complexity index is 144. The van der Waals surface area contributed by atoms with Gasteiger partial charge in [0.1, 0.15) is 0 Å². The molecule has 68 valence electrons. The fourth-order valence-electron chi connectivity index (χ4n) is 0.699. The zero-order chi connectivity index (χ0) is 9.07.